The van der Waals surface area contributed by atoms with Gasteiger partial charge in [0, 0.05) is 35.0 Å². The summed E-state index contributed by atoms with van der Waals surface area (Å²) in [6.45, 7) is 7.97. The Kier molecular flexibility index (Phi) is 6.46. The number of ether oxygens (including phenoxy) is 2. The number of fused-ring (bicyclic) bond motifs is 1. The highest BCUT2D eigenvalue weighted by Gasteiger charge is 2.47. The minimum absolute atomic E-state index is 0.0901. The molecular formula is C24H29ClN4O5. The largest absolute Gasteiger partial charge is 0.505 e. The molecule has 1 saturated heterocycles. The average Bonchev–Trinajstić information content (AvgIpc) is 3.13. The first-order chi connectivity index (χ1) is 16.0. The molecule has 3 aromatic rings. The number of hydrogen-bond acceptors (Lipinski definition) is 8. The number of carbonyl (C=O) groups excluding carboxylic acids is 1. The maximum atomic E-state index is 12.5. The zero-order chi connectivity index (χ0) is 24.7. The van der Waals surface area contributed by atoms with Gasteiger partial charge < -0.3 is 19.4 Å². The second-order valence-electron chi connectivity index (χ2n) is 9.68. The van der Waals surface area contributed by atoms with Crippen LogP contribution in [0.3, 0.4) is 0 Å². The van der Waals surface area contributed by atoms with Gasteiger partial charge in [-0.25, -0.2) is 4.79 Å². The molecule has 1 aliphatic heterocycles. The number of carbonyl (C=O) groups is 1. The number of benzene rings is 2. The highest BCUT2D eigenvalue weighted by molar-refractivity contribution is 6.31. The van der Waals surface area contributed by atoms with Crippen LogP contribution in [-0.4, -0.2) is 62.0 Å². The molecule has 2 heterocycles. The minimum Gasteiger partial charge on any atom is -0.505 e. The summed E-state index contributed by atoms with van der Waals surface area (Å²) < 4.78 is 11.3. The number of piperidine rings is 1. The lowest BCUT2D eigenvalue weighted by Crippen LogP contribution is -2.61. The van der Waals surface area contributed by atoms with Gasteiger partial charge in [-0.3, -0.25) is 0 Å². The van der Waals surface area contributed by atoms with Crippen LogP contribution in [0.25, 0.3) is 16.7 Å². The van der Waals surface area contributed by atoms with Crippen LogP contribution in [0.5, 0.6) is 11.5 Å². The van der Waals surface area contributed by atoms with E-state index >= 15 is 0 Å². The Morgan fingerprint density at radius 2 is 1.76 bits per heavy atom. The number of halogens is 1. The summed E-state index contributed by atoms with van der Waals surface area (Å²) in [4.78, 5) is 19.4. The number of phenolic OH excluding ortho intramolecular Hbond substituents is 1. The average molecular weight is 489 g/mol. The number of aromatic hydroxyl groups is 1. The third-order valence-electron chi connectivity index (χ3n) is 5.90. The fraction of sp³-hybridized carbons (Fsp3) is 0.458. The number of hydroxylamine groups is 2. The van der Waals surface area contributed by atoms with Gasteiger partial charge in [0.05, 0.1) is 7.11 Å². The van der Waals surface area contributed by atoms with Crippen LogP contribution in [0, 0.1) is 0 Å². The Labute approximate surface area is 203 Å². The van der Waals surface area contributed by atoms with Crippen LogP contribution in [-0.2, 0) is 14.4 Å². The number of phenols is 1. The third-order valence-corrected chi connectivity index (χ3v) is 6.13. The Balaban J connectivity index is 1.38. The van der Waals surface area contributed by atoms with E-state index in [1.807, 2.05) is 5.06 Å². The fourth-order valence-electron chi connectivity index (χ4n) is 4.87. The molecule has 10 heteroatoms. The Bertz CT molecular complexity index is 1190. The van der Waals surface area contributed by atoms with E-state index in [4.69, 9.17) is 25.9 Å². The van der Waals surface area contributed by atoms with Crippen molar-refractivity contribution in [3.63, 3.8) is 0 Å². The SMILES string of the molecule is CON1C(C)(C)CC(OC(=O)COc2ccc(-n3nc4ccc(Cl)cc4n3)c(O)c2)CC1(C)C. The molecule has 0 bridgehead atoms. The van der Waals surface area contributed by atoms with Crippen molar-refractivity contribution in [2.24, 2.45) is 0 Å². The number of esters is 1. The van der Waals surface area contributed by atoms with Gasteiger partial charge in [0.1, 0.15) is 34.3 Å². The predicted octanol–water partition coefficient (Wildman–Crippen LogP) is 4.28. The summed E-state index contributed by atoms with van der Waals surface area (Å²) in [6.07, 6.45) is 1.03. The van der Waals surface area contributed by atoms with Crippen LogP contribution in [0.4, 0.5) is 0 Å². The first-order valence-electron chi connectivity index (χ1n) is 11.0. The van der Waals surface area contributed by atoms with Gasteiger partial charge in [0.2, 0.25) is 0 Å². The maximum absolute atomic E-state index is 12.5. The number of rotatable bonds is 6. The Morgan fingerprint density at radius 1 is 1.09 bits per heavy atom. The molecule has 0 saturated carbocycles. The van der Waals surface area contributed by atoms with Crippen molar-refractivity contribution >= 4 is 28.6 Å². The van der Waals surface area contributed by atoms with Crippen LogP contribution >= 0.6 is 11.6 Å². The van der Waals surface area contributed by atoms with E-state index in [1.165, 1.54) is 10.9 Å². The number of aromatic nitrogens is 3. The first kappa shape index (κ1) is 24.3. The molecule has 1 aliphatic rings. The molecule has 0 aliphatic carbocycles. The second-order valence-corrected chi connectivity index (χ2v) is 10.1. The van der Waals surface area contributed by atoms with Crippen LogP contribution < -0.4 is 4.74 Å². The molecule has 2 aromatic carbocycles. The minimum atomic E-state index is -0.470. The molecule has 0 radical (unpaired) electrons. The predicted molar refractivity (Wildman–Crippen MR) is 127 cm³/mol. The van der Waals surface area contributed by atoms with Crippen molar-refractivity contribution in [2.75, 3.05) is 13.7 Å². The van der Waals surface area contributed by atoms with E-state index in [-0.39, 0.29) is 29.5 Å². The van der Waals surface area contributed by atoms with Crippen molar-refractivity contribution in [1.82, 2.24) is 20.1 Å². The molecule has 0 amide bonds. The molecule has 4 rings (SSSR count). The van der Waals surface area contributed by atoms with Crippen LogP contribution in [0.1, 0.15) is 40.5 Å². The quantitative estimate of drug-likeness (QED) is 0.513. The van der Waals surface area contributed by atoms with Gasteiger partial charge in [0.15, 0.2) is 6.61 Å². The molecule has 1 aromatic heterocycles. The summed E-state index contributed by atoms with van der Waals surface area (Å²) in [5, 5.41) is 21.7. The van der Waals surface area contributed by atoms with E-state index in [0.717, 1.165) is 0 Å². The van der Waals surface area contributed by atoms with Crippen molar-refractivity contribution in [3.05, 3.63) is 41.4 Å². The molecule has 0 spiro atoms. The zero-order valence-corrected chi connectivity index (χ0v) is 20.7. The van der Waals surface area contributed by atoms with Gasteiger partial charge in [-0.05, 0) is 58.0 Å². The Hall–Kier alpha value is -2.88. The van der Waals surface area contributed by atoms with E-state index in [9.17, 15) is 9.90 Å². The third kappa shape index (κ3) is 4.96. The van der Waals surface area contributed by atoms with Crippen molar-refractivity contribution in [2.45, 2.75) is 57.7 Å². The van der Waals surface area contributed by atoms with Gasteiger partial charge in [-0.15, -0.1) is 15.0 Å². The van der Waals surface area contributed by atoms with Crippen molar-refractivity contribution in [3.8, 4) is 17.2 Å². The first-order valence-corrected chi connectivity index (χ1v) is 11.4. The Morgan fingerprint density at radius 3 is 2.41 bits per heavy atom. The molecule has 1 fully saturated rings. The van der Waals surface area contributed by atoms with Crippen molar-refractivity contribution in [1.29, 1.82) is 0 Å². The fourth-order valence-corrected chi connectivity index (χ4v) is 5.04. The second kappa shape index (κ2) is 9.05. The highest BCUT2D eigenvalue weighted by atomic mass is 35.5. The summed E-state index contributed by atoms with van der Waals surface area (Å²) >= 11 is 6.00. The van der Waals surface area contributed by atoms with Gasteiger partial charge in [-0.2, -0.15) is 5.06 Å². The van der Waals surface area contributed by atoms with Gasteiger partial charge in [-0.1, -0.05) is 11.6 Å². The summed E-state index contributed by atoms with van der Waals surface area (Å²) in [5.74, 6) is -0.233. The molecule has 182 valence electrons. The number of hydrogen-bond donors (Lipinski definition) is 1. The molecule has 0 unspecified atom stereocenters. The smallest absolute Gasteiger partial charge is 0.344 e. The molecule has 0 atom stereocenters. The normalized spacial score (nSPS) is 18.2. The van der Waals surface area contributed by atoms with Crippen LogP contribution in [0.2, 0.25) is 5.02 Å². The van der Waals surface area contributed by atoms with Gasteiger partial charge in [0.25, 0.3) is 0 Å². The van der Waals surface area contributed by atoms with E-state index in [1.54, 1.807) is 37.4 Å². The van der Waals surface area contributed by atoms with E-state index < -0.39 is 5.97 Å². The standard InChI is InChI=1S/C24H29ClN4O5/c1-23(2)12-17(13-24(3,4)29(23)32-5)34-22(31)14-33-16-7-9-20(21(30)11-16)28-26-18-8-6-15(25)10-19(18)27-28/h6-11,17,30H,12-14H2,1-5H3. The van der Waals surface area contributed by atoms with E-state index in [0.29, 0.717) is 40.3 Å². The lowest BCUT2D eigenvalue weighted by molar-refractivity contribution is -0.278. The molecule has 1 N–H and O–H groups in total. The lowest BCUT2D eigenvalue weighted by atomic mass is 9.80. The van der Waals surface area contributed by atoms with E-state index in [2.05, 4.69) is 37.9 Å². The molecule has 9 nitrogen and oxygen atoms in total. The van der Waals surface area contributed by atoms with Gasteiger partial charge >= 0.3 is 5.97 Å². The summed E-state index contributed by atoms with van der Waals surface area (Å²) in [6, 6.07) is 9.83. The maximum Gasteiger partial charge on any atom is 0.344 e. The topological polar surface area (TPSA) is 98.9 Å². The molecule has 34 heavy (non-hydrogen) atoms. The number of nitrogens with zero attached hydrogens (tertiary/aromatic N) is 4. The van der Waals surface area contributed by atoms with Crippen molar-refractivity contribution < 1.29 is 24.2 Å². The highest BCUT2D eigenvalue weighted by Crippen LogP contribution is 2.39. The molecular weight excluding hydrogens is 460 g/mol. The summed E-state index contributed by atoms with van der Waals surface area (Å²) in [5.41, 5.74) is 1.05. The van der Waals surface area contributed by atoms with Crippen LogP contribution in [0.15, 0.2) is 36.4 Å². The lowest BCUT2D eigenvalue weighted by Gasteiger charge is -2.52. The zero-order valence-electron chi connectivity index (χ0n) is 19.9. The summed E-state index contributed by atoms with van der Waals surface area (Å²) in [7, 11) is 1.66. The monoisotopic (exact) mass is 488 g/mol.